The van der Waals surface area contributed by atoms with Crippen molar-refractivity contribution in [3.63, 3.8) is 0 Å². The van der Waals surface area contributed by atoms with Crippen LogP contribution in [0.4, 0.5) is 5.69 Å². The SMILES string of the molecule is C#C/C(=N\C(C#CC(=C)C)NC1SC(C=O)=CN1C)N1CCN(c2ccncc2)CC1. The molecule has 0 radical (unpaired) electrons. The molecule has 0 saturated carbocycles. The first-order valence-electron chi connectivity index (χ1n) is 9.93. The van der Waals surface area contributed by atoms with Crippen molar-refractivity contribution in [2.24, 2.45) is 4.99 Å². The van der Waals surface area contributed by atoms with E-state index in [0.717, 1.165) is 43.7 Å². The van der Waals surface area contributed by atoms with Crippen LogP contribution in [0.25, 0.3) is 0 Å². The zero-order valence-corrected chi connectivity index (χ0v) is 18.6. The Labute approximate surface area is 188 Å². The van der Waals surface area contributed by atoms with Crippen molar-refractivity contribution < 1.29 is 4.79 Å². The van der Waals surface area contributed by atoms with Crippen LogP contribution in [0, 0.1) is 24.2 Å². The molecule has 2 atom stereocenters. The van der Waals surface area contributed by atoms with Crippen LogP contribution in [0.15, 0.2) is 52.8 Å². The quantitative estimate of drug-likeness (QED) is 0.328. The second-order valence-corrected chi connectivity index (χ2v) is 8.33. The van der Waals surface area contributed by atoms with E-state index in [-0.39, 0.29) is 5.50 Å². The third kappa shape index (κ3) is 6.14. The Bertz CT molecular complexity index is 963. The van der Waals surface area contributed by atoms with Gasteiger partial charge in [-0.25, -0.2) is 4.99 Å². The van der Waals surface area contributed by atoms with Crippen molar-refractivity contribution in [2.45, 2.75) is 18.6 Å². The van der Waals surface area contributed by atoms with E-state index in [0.29, 0.717) is 10.7 Å². The number of pyridine rings is 1. The number of hydrogen-bond acceptors (Lipinski definition) is 7. The molecule has 0 amide bonds. The zero-order chi connectivity index (χ0) is 22.2. The molecule has 160 valence electrons. The average Bonchev–Trinajstić information content (AvgIpc) is 3.15. The number of anilines is 1. The molecule has 1 N–H and O–H groups in total. The summed E-state index contributed by atoms with van der Waals surface area (Å²) in [5.74, 6) is 9.38. The highest BCUT2D eigenvalue weighted by Crippen LogP contribution is 2.28. The van der Waals surface area contributed by atoms with Gasteiger partial charge in [0.15, 0.2) is 18.3 Å². The van der Waals surface area contributed by atoms with E-state index in [2.05, 4.69) is 44.4 Å². The van der Waals surface area contributed by atoms with Crippen molar-refractivity contribution in [3.05, 3.63) is 47.8 Å². The molecule has 3 rings (SSSR count). The van der Waals surface area contributed by atoms with Gasteiger partial charge in [0.25, 0.3) is 0 Å². The summed E-state index contributed by atoms with van der Waals surface area (Å²) in [5.41, 5.74) is 1.74. The minimum Gasteiger partial charge on any atom is -0.368 e. The third-order valence-electron chi connectivity index (χ3n) is 4.77. The van der Waals surface area contributed by atoms with Gasteiger partial charge in [-0.3, -0.25) is 15.1 Å². The van der Waals surface area contributed by atoms with Gasteiger partial charge in [0.05, 0.1) is 4.91 Å². The average molecular weight is 435 g/mol. The number of amidine groups is 1. The van der Waals surface area contributed by atoms with Gasteiger partial charge in [-0.1, -0.05) is 30.2 Å². The summed E-state index contributed by atoms with van der Waals surface area (Å²) < 4.78 is 0. The molecule has 7 nitrogen and oxygen atoms in total. The lowest BCUT2D eigenvalue weighted by atomic mass is 10.2. The van der Waals surface area contributed by atoms with E-state index in [9.17, 15) is 4.79 Å². The van der Waals surface area contributed by atoms with Crippen LogP contribution in [0.3, 0.4) is 0 Å². The molecule has 2 unspecified atom stereocenters. The van der Waals surface area contributed by atoms with Gasteiger partial charge in [0.1, 0.15) is 5.50 Å². The van der Waals surface area contributed by atoms with Crippen LogP contribution < -0.4 is 10.2 Å². The lowest BCUT2D eigenvalue weighted by Gasteiger charge is -2.36. The molecule has 1 aromatic rings. The monoisotopic (exact) mass is 434 g/mol. The number of aldehydes is 1. The molecule has 2 aliphatic heterocycles. The number of aromatic nitrogens is 1. The Morgan fingerprint density at radius 1 is 1.39 bits per heavy atom. The fourth-order valence-corrected chi connectivity index (χ4v) is 4.19. The number of piperazine rings is 1. The van der Waals surface area contributed by atoms with Crippen LogP contribution >= 0.6 is 11.8 Å². The predicted octanol–water partition coefficient (Wildman–Crippen LogP) is 1.73. The zero-order valence-electron chi connectivity index (χ0n) is 17.8. The Morgan fingerprint density at radius 3 is 2.68 bits per heavy atom. The van der Waals surface area contributed by atoms with Gasteiger partial charge in [0, 0.05) is 57.5 Å². The highest BCUT2D eigenvalue weighted by molar-refractivity contribution is 8.04. The number of aliphatic imine (C=N–C) groups is 1. The second-order valence-electron chi connectivity index (χ2n) is 7.18. The number of hydrogen-bond donors (Lipinski definition) is 1. The first-order valence-corrected chi connectivity index (χ1v) is 10.8. The molecule has 1 saturated heterocycles. The molecule has 0 aromatic carbocycles. The number of carbonyl (C=O) groups excluding carboxylic acids is 1. The lowest BCUT2D eigenvalue weighted by molar-refractivity contribution is -0.104. The maximum absolute atomic E-state index is 11.1. The molecule has 2 aliphatic rings. The van der Waals surface area contributed by atoms with E-state index in [1.165, 1.54) is 11.8 Å². The minimum absolute atomic E-state index is 0.157. The van der Waals surface area contributed by atoms with Crippen molar-refractivity contribution in [1.29, 1.82) is 0 Å². The van der Waals surface area contributed by atoms with Gasteiger partial charge in [-0.05, 0) is 30.6 Å². The summed E-state index contributed by atoms with van der Waals surface area (Å²) in [6, 6.07) is 4.02. The van der Waals surface area contributed by atoms with Gasteiger partial charge < -0.3 is 14.7 Å². The van der Waals surface area contributed by atoms with Crippen molar-refractivity contribution in [1.82, 2.24) is 20.1 Å². The third-order valence-corrected chi connectivity index (χ3v) is 5.94. The topological polar surface area (TPSA) is 64.1 Å². The van der Waals surface area contributed by atoms with Crippen molar-refractivity contribution in [2.75, 3.05) is 38.1 Å². The largest absolute Gasteiger partial charge is 0.368 e. The number of thioether (sulfide) groups is 1. The molecule has 8 heteroatoms. The lowest BCUT2D eigenvalue weighted by Crippen LogP contribution is -2.49. The molecule has 3 heterocycles. The highest BCUT2D eigenvalue weighted by Gasteiger charge is 2.25. The highest BCUT2D eigenvalue weighted by atomic mass is 32.2. The Morgan fingerprint density at radius 2 is 2.10 bits per heavy atom. The van der Waals surface area contributed by atoms with Gasteiger partial charge >= 0.3 is 0 Å². The van der Waals surface area contributed by atoms with E-state index >= 15 is 0 Å². The van der Waals surface area contributed by atoms with Gasteiger partial charge in [-0.2, -0.15) is 0 Å². The van der Waals surface area contributed by atoms with Crippen LogP contribution in [0.5, 0.6) is 0 Å². The first-order chi connectivity index (χ1) is 15.0. The molecule has 0 aliphatic carbocycles. The smallest absolute Gasteiger partial charge is 0.178 e. The first kappa shape index (κ1) is 22.5. The van der Waals surface area contributed by atoms with E-state index in [1.807, 2.05) is 31.0 Å². The second kappa shape index (κ2) is 10.7. The summed E-state index contributed by atoms with van der Waals surface area (Å²) in [4.78, 5) is 26.9. The fraction of sp³-hybridized carbons (Fsp3) is 0.348. The maximum atomic E-state index is 11.1. The number of allylic oxidation sites excluding steroid dienone is 2. The Hall–Kier alpha value is -3.20. The molecular formula is C23H26N6OS. The summed E-state index contributed by atoms with van der Waals surface area (Å²) in [6.07, 6.45) is 11.5. The van der Waals surface area contributed by atoms with Gasteiger partial charge in [0.2, 0.25) is 0 Å². The van der Waals surface area contributed by atoms with Gasteiger partial charge in [-0.15, -0.1) is 6.42 Å². The number of nitrogens with one attached hydrogen (secondary N) is 1. The summed E-state index contributed by atoms with van der Waals surface area (Å²) in [7, 11) is 1.90. The fourth-order valence-electron chi connectivity index (χ4n) is 3.22. The van der Waals surface area contributed by atoms with Crippen LogP contribution in [0.1, 0.15) is 6.92 Å². The summed E-state index contributed by atoms with van der Waals surface area (Å²) in [6.45, 7) is 8.90. The molecule has 31 heavy (non-hydrogen) atoms. The molecule has 1 aromatic heterocycles. The van der Waals surface area contributed by atoms with E-state index in [1.54, 1.807) is 18.6 Å². The molecule has 0 bridgehead atoms. The van der Waals surface area contributed by atoms with E-state index < -0.39 is 6.17 Å². The Kier molecular flexibility index (Phi) is 7.77. The minimum atomic E-state index is -0.527. The van der Waals surface area contributed by atoms with Crippen LogP contribution in [-0.4, -0.2) is 71.8 Å². The number of nitrogens with zero attached hydrogens (tertiary/aromatic N) is 5. The van der Waals surface area contributed by atoms with Crippen LogP contribution in [0.2, 0.25) is 0 Å². The van der Waals surface area contributed by atoms with Crippen molar-refractivity contribution in [3.8, 4) is 24.2 Å². The van der Waals surface area contributed by atoms with Crippen LogP contribution in [-0.2, 0) is 4.79 Å². The molecule has 0 spiro atoms. The summed E-state index contributed by atoms with van der Waals surface area (Å²) >= 11 is 1.42. The maximum Gasteiger partial charge on any atom is 0.178 e. The molecule has 1 fully saturated rings. The normalized spacial score (nSPS) is 19.8. The number of carbonyl (C=O) groups is 1. The van der Waals surface area contributed by atoms with E-state index in [4.69, 9.17) is 11.4 Å². The number of terminal acetylenes is 1. The molecular weight excluding hydrogens is 408 g/mol. The summed E-state index contributed by atoms with van der Waals surface area (Å²) in [5, 5.41) is 3.36. The standard InChI is InChI=1S/C23H26N6OS/c1-5-22(29-14-12-28(13-15-29)19-8-10-24-11-9-19)25-21(7-6-18(2)3)26-23-27(4)16-20(17-30)31-23/h1,8-11,16-17,21,23,26H,2,12-15H2,3-4H3/b25-22+. The Balaban J connectivity index is 1.71. The number of rotatable bonds is 5. The van der Waals surface area contributed by atoms with Crippen molar-refractivity contribution >= 4 is 29.6 Å². The predicted molar refractivity (Wildman–Crippen MR) is 127 cm³/mol.